The number of hydrogen-bond acceptors (Lipinski definition) is 4. The van der Waals surface area contributed by atoms with Crippen LogP contribution in [-0.2, 0) is 16.4 Å². The summed E-state index contributed by atoms with van der Waals surface area (Å²) < 4.78 is 22.3. The number of hydrogen-bond donors (Lipinski definition) is 2. The van der Waals surface area contributed by atoms with Gasteiger partial charge in [0.05, 0.1) is 16.1 Å². The number of rotatable bonds is 5. The topological polar surface area (TPSA) is 96.0 Å². The van der Waals surface area contributed by atoms with Crippen LogP contribution in [0.15, 0.2) is 47.4 Å². The lowest BCUT2D eigenvalue weighted by molar-refractivity contribution is 0.598. The molecular formula is C15H14ClN3O2S. The second-order valence-electron chi connectivity index (χ2n) is 4.67. The van der Waals surface area contributed by atoms with Gasteiger partial charge in [-0.3, -0.25) is 0 Å². The molecule has 0 radical (unpaired) electrons. The van der Waals surface area contributed by atoms with Crippen LogP contribution in [0.3, 0.4) is 0 Å². The number of nitrogens with zero attached hydrogens (tertiary/aromatic N) is 1. The Balaban J connectivity index is 1.99. The molecule has 0 unspecified atom stereocenters. The first-order valence-corrected chi connectivity index (χ1v) is 8.38. The van der Waals surface area contributed by atoms with E-state index in [0.717, 1.165) is 5.56 Å². The first kappa shape index (κ1) is 16.3. The lowest BCUT2D eigenvalue weighted by Gasteiger charge is -2.09. The van der Waals surface area contributed by atoms with Crippen molar-refractivity contribution in [2.24, 2.45) is 5.14 Å². The monoisotopic (exact) mass is 335 g/mol. The van der Waals surface area contributed by atoms with E-state index < -0.39 is 10.0 Å². The van der Waals surface area contributed by atoms with Gasteiger partial charge in [-0.05, 0) is 42.3 Å². The predicted molar refractivity (Wildman–Crippen MR) is 86.2 cm³/mol. The van der Waals surface area contributed by atoms with Crippen molar-refractivity contribution in [3.8, 4) is 6.07 Å². The lowest BCUT2D eigenvalue weighted by atomic mass is 10.1. The normalized spacial score (nSPS) is 11.0. The third kappa shape index (κ3) is 4.21. The molecule has 114 valence electrons. The Morgan fingerprint density at radius 2 is 1.86 bits per heavy atom. The maximum Gasteiger partial charge on any atom is 0.238 e. The SMILES string of the molecule is N#Cc1cc(Cl)ccc1NCCc1ccc(S(N)(=O)=O)cc1. The van der Waals surface area contributed by atoms with Gasteiger partial charge in [-0.1, -0.05) is 23.7 Å². The van der Waals surface area contributed by atoms with Crippen molar-refractivity contribution in [2.45, 2.75) is 11.3 Å². The van der Waals surface area contributed by atoms with E-state index in [1.54, 1.807) is 30.3 Å². The fourth-order valence-electron chi connectivity index (χ4n) is 1.95. The van der Waals surface area contributed by atoms with Crippen molar-refractivity contribution >= 4 is 27.3 Å². The molecule has 3 N–H and O–H groups in total. The van der Waals surface area contributed by atoms with E-state index >= 15 is 0 Å². The molecule has 5 nitrogen and oxygen atoms in total. The molecule has 22 heavy (non-hydrogen) atoms. The van der Waals surface area contributed by atoms with Crippen LogP contribution >= 0.6 is 11.6 Å². The summed E-state index contributed by atoms with van der Waals surface area (Å²) >= 11 is 5.84. The van der Waals surface area contributed by atoms with Gasteiger partial charge in [0, 0.05) is 11.6 Å². The summed E-state index contributed by atoms with van der Waals surface area (Å²) in [6.45, 7) is 0.602. The third-order valence-electron chi connectivity index (χ3n) is 3.08. The number of nitriles is 1. The Labute approximate surface area is 134 Å². The van der Waals surface area contributed by atoms with Crippen LogP contribution in [0.5, 0.6) is 0 Å². The molecule has 2 rings (SSSR count). The van der Waals surface area contributed by atoms with Gasteiger partial charge in [-0.2, -0.15) is 5.26 Å². The summed E-state index contributed by atoms with van der Waals surface area (Å²) in [5.41, 5.74) is 2.16. The molecule has 0 aromatic heterocycles. The number of nitrogens with one attached hydrogen (secondary N) is 1. The highest BCUT2D eigenvalue weighted by molar-refractivity contribution is 7.89. The van der Waals surface area contributed by atoms with Crippen LogP contribution in [0, 0.1) is 11.3 Å². The second-order valence-corrected chi connectivity index (χ2v) is 6.67. The first-order chi connectivity index (χ1) is 10.4. The van der Waals surface area contributed by atoms with E-state index in [2.05, 4.69) is 11.4 Å². The van der Waals surface area contributed by atoms with Crippen LogP contribution in [-0.4, -0.2) is 15.0 Å². The number of halogens is 1. The van der Waals surface area contributed by atoms with Gasteiger partial charge < -0.3 is 5.32 Å². The molecule has 0 amide bonds. The summed E-state index contributed by atoms with van der Waals surface area (Å²) in [6, 6.07) is 13.5. The molecule has 0 saturated carbocycles. The van der Waals surface area contributed by atoms with Crippen molar-refractivity contribution in [1.82, 2.24) is 0 Å². The zero-order valence-electron chi connectivity index (χ0n) is 11.6. The third-order valence-corrected chi connectivity index (χ3v) is 4.25. The fraction of sp³-hybridized carbons (Fsp3) is 0.133. The van der Waals surface area contributed by atoms with Crippen LogP contribution < -0.4 is 10.5 Å². The van der Waals surface area contributed by atoms with Crippen LogP contribution in [0.1, 0.15) is 11.1 Å². The van der Waals surface area contributed by atoms with Gasteiger partial charge in [-0.25, -0.2) is 13.6 Å². The Morgan fingerprint density at radius 1 is 1.18 bits per heavy atom. The Kier molecular flexibility index (Phi) is 5.03. The average molecular weight is 336 g/mol. The van der Waals surface area contributed by atoms with Crippen LogP contribution in [0.2, 0.25) is 5.02 Å². The zero-order valence-corrected chi connectivity index (χ0v) is 13.2. The summed E-state index contributed by atoms with van der Waals surface area (Å²) in [6.07, 6.45) is 0.679. The largest absolute Gasteiger partial charge is 0.384 e. The average Bonchev–Trinajstić information content (AvgIpc) is 2.48. The number of nitrogens with two attached hydrogens (primary N) is 1. The van der Waals surface area contributed by atoms with Gasteiger partial charge in [-0.15, -0.1) is 0 Å². The minimum absolute atomic E-state index is 0.0914. The summed E-state index contributed by atoms with van der Waals surface area (Å²) in [5.74, 6) is 0. The van der Waals surface area contributed by atoms with Gasteiger partial charge in [0.1, 0.15) is 6.07 Å². The van der Waals surface area contributed by atoms with E-state index in [1.165, 1.54) is 12.1 Å². The molecule has 0 aliphatic heterocycles. The highest BCUT2D eigenvalue weighted by atomic mass is 35.5. The molecule has 0 saturated heterocycles. The lowest BCUT2D eigenvalue weighted by Crippen LogP contribution is -2.12. The van der Waals surface area contributed by atoms with Crippen molar-refractivity contribution in [2.75, 3.05) is 11.9 Å². The smallest absolute Gasteiger partial charge is 0.238 e. The van der Waals surface area contributed by atoms with Crippen LogP contribution in [0.25, 0.3) is 0 Å². The van der Waals surface area contributed by atoms with E-state index in [4.69, 9.17) is 22.0 Å². The van der Waals surface area contributed by atoms with Gasteiger partial charge in [0.2, 0.25) is 10.0 Å². The molecule has 0 heterocycles. The molecule has 2 aromatic rings. The first-order valence-electron chi connectivity index (χ1n) is 6.45. The quantitative estimate of drug-likeness (QED) is 0.877. The van der Waals surface area contributed by atoms with Gasteiger partial charge >= 0.3 is 0 Å². The van der Waals surface area contributed by atoms with Crippen molar-refractivity contribution in [1.29, 1.82) is 5.26 Å². The maximum atomic E-state index is 11.2. The minimum atomic E-state index is -3.66. The van der Waals surface area contributed by atoms with E-state index in [0.29, 0.717) is 29.2 Å². The second kappa shape index (κ2) is 6.79. The maximum absolute atomic E-state index is 11.2. The van der Waals surface area contributed by atoms with Gasteiger partial charge in [0.25, 0.3) is 0 Å². The summed E-state index contributed by atoms with van der Waals surface area (Å²) in [7, 11) is -3.66. The number of benzene rings is 2. The van der Waals surface area contributed by atoms with Gasteiger partial charge in [0.15, 0.2) is 0 Å². The van der Waals surface area contributed by atoms with Crippen molar-refractivity contribution < 1.29 is 8.42 Å². The molecule has 0 fully saturated rings. The molecule has 0 spiro atoms. The standard InChI is InChI=1S/C15H14ClN3O2S/c16-13-3-6-15(12(9-13)10-17)19-8-7-11-1-4-14(5-2-11)22(18,20)21/h1-6,9,19H,7-8H2,(H2,18,20,21). The van der Waals surface area contributed by atoms with E-state index in [1.807, 2.05) is 0 Å². The fourth-order valence-corrected chi connectivity index (χ4v) is 2.64. The van der Waals surface area contributed by atoms with E-state index in [-0.39, 0.29) is 4.90 Å². The number of primary sulfonamides is 1. The number of anilines is 1. The zero-order chi connectivity index (χ0) is 16.2. The highest BCUT2D eigenvalue weighted by Crippen LogP contribution is 2.19. The van der Waals surface area contributed by atoms with E-state index in [9.17, 15) is 8.42 Å². The summed E-state index contributed by atoms with van der Waals surface area (Å²) in [5, 5.41) is 17.8. The Hall–Kier alpha value is -2.07. The summed E-state index contributed by atoms with van der Waals surface area (Å²) in [4.78, 5) is 0.0914. The molecule has 0 aliphatic carbocycles. The van der Waals surface area contributed by atoms with Crippen LogP contribution in [0.4, 0.5) is 5.69 Å². The Bertz CT molecular complexity index is 812. The highest BCUT2D eigenvalue weighted by Gasteiger charge is 2.07. The molecule has 0 aliphatic rings. The Morgan fingerprint density at radius 3 is 2.45 bits per heavy atom. The number of sulfonamides is 1. The molecular weight excluding hydrogens is 322 g/mol. The molecule has 0 bridgehead atoms. The molecule has 7 heteroatoms. The molecule has 0 atom stereocenters. The predicted octanol–water partition coefficient (Wildman–Crippen LogP) is 2.51. The van der Waals surface area contributed by atoms with Crippen molar-refractivity contribution in [3.05, 3.63) is 58.6 Å². The molecule has 2 aromatic carbocycles. The minimum Gasteiger partial charge on any atom is -0.384 e. The van der Waals surface area contributed by atoms with Crippen molar-refractivity contribution in [3.63, 3.8) is 0 Å².